The summed E-state index contributed by atoms with van der Waals surface area (Å²) < 4.78 is 4.95. The predicted molar refractivity (Wildman–Crippen MR) is 109 cm³/mol. The normalized spacial score (nSPS) is 10.7. The predicted octanol–water partition coefficient (Wildman–Crippen LogP) is 4.34. The molecular weight excluding hydrogens is 390 g/mol. The third-order valence-corrected chi connectivity index (χ3v) is 4.64. The number of aromatic nitrogens is 4. The van der Waals surface area contributed by atoms with Crippen LogP contribution in [0.2, 0.25) is 5.02 Å². The summed E-state index contributed by atoms with van der Waals surface area (Å²) in [6.45, 7) is 1.93. The number of nitrogens with one attached hydrogen (secondary N) is 1. The van der Waals surface area contributed by atoms with Crippen LogP contribution in [0.3, 0.4) is 0 Å². The fourth-order valence-electron chi connectivity index (χ4n) is 2.85. The molecule has 0 saturated carbocycles. The zero-order chi connectivity index (χ0) is 20.2. The van der Waals surface area contributed by atoms with E-state index in [2.05, 4.69) is 25.4 Å². The molecule has 3 heterocycles. The molecule has 0 saturated heterocycles. The van der Waals surface area contributed by atoms with E-state index in [9.17, 15) is 4.79 Å². The number of benzene rings is 1. The first-order chi connectivity index (χ1) is 14.1. The van der Waals surface area contributed by atoms with Crippen molar-refractivity contribution in [3.05, 3.63) is 77.3 Å². The Balaban J connectivity index is 1.67. The number of halogens is 1. The Bertz CT molecular complexity index is 1160. The minimum absolute atomic E-state index is 0.124. The standard InChI is InChI=1S/C21H16ClN5O2/c1-13-5-4-9-23-19(13)21-24-12-17(20(26-21)16-8-10-29-27-16)25-18(28)11-14-6-2-3-7-15(14)22/h2-10,12H,11H2,1H3,(H,25,28). The highest BCUT2D eigenvalue weighted by Gasteiger charge is 2.17. The maximum absolute atomic E-state index is 12.6. The number of hydrogen-bond donors (Lipinski definition) is 1. The maximum atomic E-state index is 12.6. The van der Waals surface area contributed by atoms with Crippen LogP contribution in [0.5, 0.6) is 0 Å². The first-order valence-electron chi connectivity index (χ1n) is 8.85. The number of anilines is 1. The molecule has 0 atom stereocenters. The lowest BCUT2D eigenvalue weighted by Crippen LogP contribution is -2.16. The number of carbonyl (C=O) groups is 1. The second-order valence-corrected chi connectivity index (χ2v) is 6.73. The van der Waals surface area contributed by atoms with Gasteiger partial charge in [0.25, 0.3) is 0 Å². The first kappa shape index (κ1) is 18.8. The van der Waals surface area contributed by atoms with Crippen LogP contribution in [0.4, 0.5) is 5.69 Å². The maximum Gasteiger partial charge on any atom is 0.228 e. The Kier molecular flexibility index (Phi) is 5.31. The van der Waals surface area contributed by atoms with Gasteiger partial charge < -0.3 is 9.84 Å². The Hall–Kier alpha value is -3.58. The fourth-order valence-corrected chi connectivity index (χ4v) is 3.05. The molecule has 0 spiro atoms. The van der Waals surface area contributed by atoms with E-state index < -0.39 is 0 Å². The Morgan fingerprint density at radius 2 is 1.97 bits per heavy atom. The second kappa shape index (κ2) is 8.20. The van der Waals surface area contributed by atoms with E-state index in [1.165, 1.54) is 6.26 Å². The fraction of sp³-hybridized carbons (Fsp3) is 0.0952. The molecule has 4 rings (SSSR count). The average molecular weight is 406 g/mol. The summed E-state index contributed by atoms with van der Waals surface area (Å²) in [7, 11) is 0. The molecule has 0 unspecified atom stereocenters. The van der Waals surface area contributed by atoms with Gasteiger partial charge >= 0.3 is 0 Å². The van der Waals surface area contributed by atoms with E-state index in [0.29, 0.717) is 33.6 Å². The van der Waals surface area contributed by atoms with E-state index in [4.69, 9.17) is 16.1 Å². The Morgan fingerprint density at radius 1 is 1.10 bits per heavy atom. The van der Waals surface area contributed by atoms with Crippen molar-refractivity contribution in [3.63, 3.8) is 0 Å². The highest BCUT2D eigenvalue weighted by Crippen LogP contribution is 2.27. The van der Waals surface area contributed by atoms with E-state index in [-0.39, 0.29) is 12.3 Å². The van der Waals surface area contributed by atoms with Crippen molar-refractivity contribution in [2.75, 3.05) is 5.32 Å². The smallest absolute Gasteiger partial charge is 0.228 e. The van der Waals surface area contributed by atoms with Gasteiger partial charge in [0.15, 0.2) is 5.82 Å². The molecule has 0 bridgehead atoms. The molecule has 0 aliphatic heterocycles. The molecule has 1 N–H and O–H groups in total. The molecule has 3 aromatic heterocycles. The highest BCUT2D eigenvalue weighted by molar-refractivity contribution is 6.31. The SMILES string of the molecule is Cc1cccnc1-c1ncc(NC(=O)Cc2ccccc2Cl)c(-c2ccon2)n1. The van der Waals surface area contributed by atoms with Crippen molar-refractivity contribution in [2.24, 2.45) is 0 Å². The zero-order valence-electron chi connectivity index (χ0n) is 15.5. The molecular formula is C21H16ClN5O2. The van der Waals surface area contributed by atoms with Crippen molar-refractivity contribution in [1.29, 1.82) is 0 Å². The van der Waals surface area contributed by atoms with E-state index in [0.717, 1.165) is 11.1 Å². The minimum atomic E-state index is -0.242. The monoisotopic (exact) mass is 405 g/mol. The van der Waals surface area contributed by atoms with Crippen LogP contribution in [0.25, 0.3) is 22.9 Å². The lowest BCUT2D eigenvalue weighted by Gasteiger charge is -2.11. The topological polar surface area (TPSA) is 93.8 Å². The third kappa shape index (κ3) is 4.14. The summed E-state index contributed by atoms with van der Waals surface area (Å²) in [4.78, 5) is 25.9. The van der Waals surface area contributed by atoms with Crippen LogP contribution in [0.15, 0.2) is 65.6 Å². The highest BCUT2D eigenvalue weighted by atomic mass is 35.5. The molecule has 29 heavy (non-hydrogen) atoms. The quantitative estimate of drug-likeness (QED) is 0.531. The van der Waals surface area contributed by atoms with Gasteiger partial charge in [-0.3, -0.25) is 9.78 Å². The van der Waals surface area contributed by atoms with Crippen molar-refractivity contribution < 1.29 is 9.32 Å². The summed E-state index contributed by atoms with van der Waals surface area (Å²) in [5.74, 6) is 0.193. The lowest BCUT2D eigenvalue weighted by atomic mass is 10.1. The van der Waals surface area contributed by atoms with Gasteiger partial charge in [0.05, 0.1) is 18.3 Å². The molecule has 8 heteroatoms. The summed E-state index contributed by atoms with van der Waals surface area (Å²) in [6, 6.07) is 12.7. The number of nitrogens with zero attached hydrogens (tertiary/aromatic N) is 4. The van der Waals surface area contributed by atoms with Crippen LogP contribution in [0.1, 0.15) is 11.1 Å². The van der Waals surface area contributed by atoms with E-state index in [1.54, 1.807) is 24.5 Å². The molecule has 1 aromatic carbocycles. The van der Waals surface area contributed by atoms with Gasteiger partial charge in [-0.15, -0.1) is 0 Å². The number of hydrogen-bond acceptors (Lipinski definition) is 6. The second-order valence-electron chi connectivity index (χ2n) is 6.33. The van der Waals surface area contributed by atoms with Crippen molar-refractivity contribution in [2.45, 2.75) is 13.3 Å². The molecule has 0 aliphatic rings. The van der Waals surface area contributed by atoms with E-state index in [1.807, 2.05) is 37.3 Å². The summed E-state index contributed by atoms with van der Waals surface area (Å²) in [5, 5.41) is 7.33. The third-order valence-electron chi connectivity index (χ3n) is 4.27. The molecule has 0 aliphatic carbocycles. The largest absolute Gasteiger partial charge is 0.364 e. The number of rotatable bonds is 5. The van der Waals surface area contributed by atoms with E-state index >= 15 is 0 Å². The van der Waals surface area contributed by atoms with Crippen molar-refractivity contribution in [3.8, 4) is 22.9 Å². The summed E-state index contributed by atoms with van der Waals surface area (Å²) in [6.07, 6.45) is 4.79. The van der Waals surface area contributed by atoms with Crippen LogP contribution >= 0.6 is 11.6 Å². The van der Waals surface area contributed by atoms with Gasteiger partial charge in [-0.1, -0.05) is 41.0 Å². The van der Waals surface area contributed by atoms with Gasteiger partial charge in [-0.05, 0) is 30.2 Å². The number of pyridine rings is 1. The van der Waals surface area contributed by atoms with Gasteiger partial charge in [0.2, 0.25) is 5.91 Å². The van der Waals surface area contributed by atoms with Crippen LogP contribution in [0, 0.1) is 6.92 Å². The zero-order valence-corrected chi connectivity index (χ0v) is 16.2. The van der Waals surface area contributed by atoms with Gasteiger partial charge in [-0.25, -0.2) is 9.97 Å². The van der Waals surface area contributed by atoms with Crippen LogP contribution in [-0.4, -0.2) is 26.0 Å². The van der Waals surface area contributed by atoms with Gasteiger partial charge in [-0.2, -0.15) is 0 Å². The molecule has 0 fully saturated rings. The van der Waals surface area contributed by atoms with Crippen molar-refractivity contribution in [1.82, 2.24) is 20.1 Å². The number of aryl methyl sites for hydroxylation is 1. The van der Waals surface area contributed by atoms with Crippen LogP contribution in [-0.2, 0) is 11.2 Å². The van der Waals surface area contributed by atoms with Gasteiger partial charge in [0.1, 0.15) is 23.3 Å². The summed E-state index contributed by atoms with van der Waals surface area (Å²) >= 11 is 6.15. The van der Waals surface area contributed by atoms with Crippen LogP contribution < -0.4 is 5.32 Å². The van der Waals surface area contributed by atoms with Gasteiger partial charge in [0, 0.05) is 17.3 Å². The Labute approximate surface area is 171 Å². The molecule has 7 nitrogen and oxygen atoms in total. The first-order valence-corrected chi connectivity index (χ1v) is 9.22. The molecule has 0 radical (unpaired) electrons. The number of amides is 1. The molecule has 144 valence electrons. The minimum Gasteiger partial charge on any atom is -0.364 e. The Morgan fingerprint density at radius 3 is 2.72 bits per heavy atom. The number of carbonyl (C=O) groups excluding carboxylic acids is 1. The lowest BCUT2D eigenvalue weighted by molar-refractivity contribution is -0.115. The molecule has 1 amide bonds. The van der Waals surface area contributed by atoms with Crippen molar-refractivity contribution >= 4 is 23.2 Å². The average Bonchev–Trinajstić information content (AvgIpc) is 3.25. The summed E-state index contributed by atoms with van der Waals surface area (Å²) in [5.41, 5.74) is 3.68. The molecule has 4 aromatic rings.